The Morgan fingerprint density at radius 3 is 2.74 bits per heavy atom. The van der Waals surface area contributed by atoms with Crippen molar-refractivity contribution in [2.45, 2.75) is 30.2 Å². The molecule has 3 aromatic rings. The van der Waals surface area contributed by atoms with Crippen LogP contribution in [0.25, 0.3) is 10.8 Å². The van der Waals surface area contributed by atoms with Crippen LogP contribution in [0, 0.1) is 11.6 Å². The Kier molecular flexibility index (Phi) is 4.79. The molecule has 10 heteroatoms. The first-order valence-corrected chi connectivity index (χ1v) is 10.6. The van der Waals surface area contributed by atoms with E-state index >= 15 is 0 Å². The van der Waals surface area contributed by atoms with Crippen molar-refractivity contribution in [2.24, 2.45) is 0 Å². The van der Waals surface area contributed by atoms with Crippen LogP contribution in [0.3, 0.4) is 0 Å². The minimum atomic E-state index is -4.04. The molecule has 2 aromatic heterocycles. The van der Waals surface area contributed by atoms with Crippen LogP contribution in [0.15, 0.2) is 45.0 Å². The molecule has 3 heterocycles. The number of rotatable bonds is 4. The molecule has 0 saturated carbocycles. The Labute approximate surface area is 158 Å². The first-order chi connectivity index (χ1) is 13.0. The molecule has 1 saturated heterocycles. The summed E-state index contributed by atoms with van der Waals surface area (Å²) in [5, 5.41) is 9.92. The highest BCUT2D eigenvalue weighted by Crippen LogP contribution is 2.36. The van der Waals surface area contributed by atoms with Gasteiger partial charge in [0.25, 0.3) is 5.89 Å². The highest BCUT2D eigenvalue weighted by Gasteiger charge is 2.37. The molecule has 1 aromatic carbocycles. The molecule has 6 nitrogen and oxygen atoms in total. The van der Waals surface area contributed by atoms with E-state index in [2.05, 4.69) is 10.2 Å². The van der Waals surface area contributed by atoms with E-state index in [-0.39, 0.29) is 17.3 Å². The average molecular weight is 411 g/mol. The molecule has 27 heavy (non-hydrogen) atoms. The number of hydrogen-bond donors (Lipinski definition) is 0. The minimum absolute atomic E-state index is 0.198. The third-order valence-corrected chi connectivity index (χ3v) is 7.17. The van der Waals surface area contributed by atoms with Crippen molar-refractivity contribution in [3.05, 3.63) is 53.2 Å². The number of benzene rings is 1. The van der Waals surface area contributed by atoms with Gasteiger partial charge in [-0.2, -0.15) is 4.31 Å². The average Bonchev–Trinajstić information content (AvgIpc) is 3.35. The predicted octanol–water partition coefficient (Wildman–Crippen LogP) is 3.99. The van der Waals surface area contributed by atoms with Gasteiger partial charge in [-0.3, -0.25) is 0 Å². The van der Waals surface area contributed by atoms with Crippen molar-refractivity contribution in [3.8, 4) is 10.8 Å². The van der Waals surface area contributed by atoms with Crippen molar-refractivity contribution in [3.63, 3.8) is 0 Å². The predicted molar refractivity (Wildman–Crippen MR) is 94.5 cm³/mol. The summed E-state index contributed by atoms with van der Waals surface area (Å²) in [4.78, 5) is 0.492. The highest BCUT2D eigenvalue weighted by molar-refractivity contribution is 7.89. The number of nitrogens with zero attached hydrogens (tertiary/aromatic N) is 3. The second-order valence-corrected chi connectivity index (χ2v) is 8.96. The fraction of sp³-hybridized carbons (Fsp3) is 0.294. The number of thiophene rings is 1. The van der Waals surface area contributed by atoms with Crippen LogP contribution in [0.1, 0.15) is 31.2 Å². The number of aromatic nitrogens is 2. The molecule has 1 fully saturated rings. The summed E-state index contributed by atoms with van der Waals surface area (Å²) >= 11 is 1.44. The maximum Gasteiger partial charge on any atom is 0.257 e. The molecule has 142 valence electrons. The zero-order valence-electron chi connectivity index (χ0n) is 14.0. The molecule has 0 amide bonds. The van der Waals surface area contributed by atoms with Gasteiger partial charge in [0, 0.05) is 6.54 Å². The Hall–Kier alpha value is -2.17. The van der Waals surface area contributed by atoms with E-state index in [1.54, 1.807) is 0 Å². The smallest absolute Gasteiger partial charge is 0.257 e. The van der Waals surface area contributed by atoms with Crippen molar-refractivity contribution in [2.75, 3.05) is 6.54 Å². The second kappa shape index (κ2) is 7.10. The largest absolute Gasteiger partial charge is 0.418 e. The number of piperidine rings is 1. The summed E-state index contributed by atoms with van der Waals surface area (Å²) in [6.07, 6.45) is 1.96. The second-order valence-electron chi connectivity index (χ2n) is 6.13. The zero-order valence-corrected chi connectivity index (χ0v) is 15.6. The van der Waals surface area contributed by atoms with E-state index in [0.29, 0.717) is 24.8 Å². The lowest BCUT2D eigenvalue weighted by Crippen LogP contribution is -2.38. The standard InChI is InChI=1S/C17H15F2N3O3S2/c18-12-7-6-11(10-13(12)19)27(23,24)22-8-2-1-4-14(22)16-20-21-17(25-16)15-5-3-9-26-15/h3,5-7,9-10,14H,1-2,4,8H2/t14-/m1/s1. The van der Waals surface area contributed by atoms with Gasteiger partial charge in [-0.05, 0) is 42.5 Å². The SMILES string of the molecule is O=S(=O)(c1ccc(F)c(F)c1)N1CCCC[C@@H]1c1nnc(-c2cccs2)o1. The van der Waals surface area contributed by atoms with Crippen LogP contribution in [-0.2, 0) is 10.0 Å². The van der Waals surface area contributed by atoms with Gasteiger partial charge in [-0.1, -0.05) is 12.5 Å². The van der Waals surface area contributed by atoms with Crippen LogP contribution in [0.2, 0.25) is 0 Å². The van der Waals surface area contributed by atoms with Crippen molar-refractivity contribution < 1.29 is 21.6 Å². The first kappa shape index (κ1) is 18.2. The number of hydrogen-bond acceptors (Lipinski definition) is 6. The van der Waals surface area contributed by atoms with E-state index in [4.69, 9.17) is 4.42 Å². The Bertz CT molecular complexity index is 1050. The molecule has 0 bridgehead atoms. The normalized spacial score (nSPS) is 18.7. The van der Waals surface area contributed by atoms with Gasteiger partial charge < -0.3 is 4.42 Å². The third kappa shape index (κ3) is 3.40. The van der Waals surface area contributed by atoms with Crippen LogP contribution >= 0.6 is 11.3 Å². The first-order valence-electron chi connectivity index (χ1n) is 8.31. The van der Waals surface area contributed by atoms with Crippen LogP contribution in [-0.4, -0.2) is 29.5 Å². The number of halogens is 2. The lowest BCUT2D eigenvalue weighted by Gasteiger charge is -2.32. The Morgan fingerprint density at radius 1 is 1.15 bits per heavy atom. The summed E-state index contributed by atoms with van der Waals surface area (Å²) in [7, 11) is -4.04. The molecular formula is C17H15F2N3O3S2. The van der Waals surface area contributed by atoms with Crippen LogP contribution < -0.4 is 0 Å². The lowest BCUT2D eigenvalue weighted by molar-refractivity contribution is 0.220. The molecule has 1 aliphatic rings. The topological polar surface area (TPSA) is 76.3 Å². The molecule has 0 spiro atoms. The van der Waals surface area contributed by atoms with Crippen molar-refractivity contribution >= 4 is 21.4 Å². The van der Waals surface area contributed by atoms with E-state index in [0.717, 1.165) is 23.4 Å². The van der Waals surface area contributed by atoms with Crippen molar-refractivity contribution in [1.82, 2.24) is 14.5 Å². The van der Waals surface area contributed by atoms with Gasteiger partial charge in [-0.15, -0.1) is 21.5 Å². The van der Waals surface area contributed by atoms with Gasteiger partial charge in [0.15, 0.2) is 11.6 Å². The van der Waals surface area contributed by atoms with E-state index in [9.17, 15) is 17.2 Å². The number of sulfonamides is 1. The van der Waals surface area contributed by atoms with Crippen molar-refractivity contribution in [1.29, 1.82) is 0 Å². The maximum absolute atomic E-state index is 13.6. The lowest BCUT2D eigenvalue weighted by atomic mass is 10.1. The molecule has 0 aliphatic carbocycles. The van der Waals surface area contributed by atoms with Gasteiger partial charge in [-0.25, -0.2) is 17.2 Å². The molecule has 0 unspecified atom stereocenters. The van der Waals surface area contributed by atoms with E-state index < -0.39 is 27.7 Å². The van der Waals surface area contributed by atoms with Gasteiger partial charge >= 0.3 is 0 Å². The summed E-state index contributed by atoms with van der Waals surface area (Å²) in [5.74, 6) is -1.77. The van der Waals surface area contributed by atoms with E-state index in [1.807, 2.05) is 17.5 Å². The summed E-state index contributed by atoms with van der Waals surface area (Å²) in [5.41, 5.74) is 0. The molecule has 0 radical (unpaired) electrons. The van der Waals surface area contributed by atoms with Gasteiger partial charge in [0.1, 0.15) is 6.04 Å². The molecule has 1 atom stereocenters. The highest BCUT2D eigenvalue weighted by atomic mass is 32.2. The summed E-state index contributed by atoms with van der Waals surface area (Å²) in [6, 6.07) is 5.61. The van der Waals surface area contributed by atoms with Crippen LogP contribution in [0.5, 0.6) is 0 Å². The van der Waals surface area contributed by atoms with Gasteiger partial charge in [0.05, 0.1) is 9.77 Å². The third-order valence-electron chi connectivity index (χ3n) is 4.41. The Morgan fingerprint density at radius 2 is 2.00 bits per heavy atom. The molecule has 4 rings (SSSR count). The molecule has 0 N–H and O–H groups in total. The molecular weight excluding hydrogens is 396 g/mol. The monoisotopic (exact) mass is 411 g/mol. The quantitative estimate of drug-likeness (QED) is 0.649. The fourth-order valence-electron chi connectivity index (χ4n) is 3.08. The van der Waals surface area contributed by atoms with Gasteiger partial charge in [0.2, 0.25) is 15.9 Å². The van der Waals surface area contributed by atoms with E-state index in [1.165, 1.54) is 15.6 Å². The fourth-order valence-corrected chi connectivity index (χ4v) is 5.39. The minimum Gasteiger partial charge on any atom is -0.418 e. The maximum atomic E-state index is 13.6. The summed E-state index contributed by atoms with van der Waals surface area (Å²) in [6.45, 7) is 0.239. The Balaban J connectivity index is 1.69. The van der Waals surface area contributed by atoms with Crippen LogP contribution in [0.4, 0.5) is 8.78 Å². The summed E-state index contributed by atoms with van der Waals surface area (Å²) < 4.78 is 59.7. The zero-order chi connectivity index (χ0) is 19.0. The molecule has 1 aliphatic heterocycles.